The third kappa shape index (κ3) is 2.92. The standard InChI is InChI=1S/C11H18F3NO2/c12-11(13,14)10(4-5-10)3-1-7-17-8-2-6-15-9(8)16/h8-9,15-16H,1-7H2. The van der Waals surface area contributed by atoms with Gasteiger partial charge in [-0.15, -0.1) is 0 Å². The maximum Gasteiger partial charge on any atom is 0.394 e. The van der Waals surface area contributed by atoms with Crippen LogP contribution in [-0.4, -0.2) is 36.8 Å². The molecular formula is C11H18F3NO2. The molecule has 2 aliphatic rings. The Balaban J connectivity index is 1.64. The van der Waals surface area contributed by atoms with Crippen molar-refractivity contribution in [3.8, 4) is 0 Å². The summed E-state index contributed by atoms with van der Waals surface area (Å²) in [5.74, 6) is 0. The molecule has 1 saturated carbocycles. The van der Waals surface area contributed by atoms with Crippen LogP contribution in [0.4, 0.5) is 13.2 Å². The molecule has 1 saturated heterocycles. The first-order valence-corrected chi connectivity index (χ1v) is 6.04. The van der Waals surface area contributed by atoms with E-state index in [1.807, 2.05) is 0 Å². The number of halogens is 3. The lowest BCUT2D eigenvalue weighted by molar-refractivity contribution is -0.190. The molecule has 2 unspecified atom stereocenters. The molecule has 0 amide bonds. The maximum atomic E-state index is 12.6. The van der Waals surface area contributed by atoms with Gasteiger partial charge in [0, 0.05) is 13.2 Å². The summed E-state index contributed by atoms with van der Waals surface area (Å²) in [5, 5.41) is 12.2. The summed E-state index contributed by atoms with van der Waals surface area (Å²) in [5.41, 5.74) is -1.43. The second-order valence-electron chi connectivity index (χ2n) is 4.98. The molecule has 1 aliphatic carbocycles. The smallest absolute Gasteiger partial charge is 0.376 e. The van der Waals surface area contributed by atoms with Gasteiger partial charge in [-0.1, -0.05) is 0 Å². The highest BCUT2D eigenvalue weighted by Crippen LogP contribution is 2.60. The van der Waals surface area contributed by atoms with Crippen molar-refractivity contribution in [1.29, 1.82) is 0 Å². The fraction of sp³-hybridized carbons (Fsp3) is 1.00. The number of rotatable bonds is 5. The van der Waals surface area contributed by atoms with Crippen LogP contribution < -0.4 is 5.32 Å². The van der Waals surface area contributed by atoms with Crippen LogP contribution in [0.5, 0.6) is 0 Å². The van der Waals surface area contributed by atoms with Crippen LogP contribution in [0.15, 0.2) is 0 Å². The average molecular weight is 253 g/mol. The lowest BCUT2D eigenvalue weighted by atomic mass is 10.00. The monoisotopic (exact) mass is 253 g/mol. The highest BCUT2D eigenvalue weighted by Gasteiger charge is 2.62. The van der Waals surface area contributed by atoms with Gasteiger partial charge in [-0.05, 0) is 32.1 Å². The molecule has 0 aromatic carbocycles. The minimum atomic E-state index is -4.07. The van der Waals surface area contributed by atoms with E-state index >= 15 is 0 Å². The van der Waals surface area contributed by atoms with E-state index in [1.165, 1.54) is 0 Å². The Bertz CT molecular complexity index is 266. The molecule has 0 aromatic heterocycles. The van der Waals surface area contributed by atoms with Crippen molar-refractivity contribution < 1.29 is 23.0 Å². The number of aliphatic hydroxyl groups excluding tert-OH is 1. The molecule has 2 rings (SSSR count). The number of nitrogens with one attached hydrogen (secondary N) is 1. The zero-order valence-electron chi connectivity index (χ0n) is 9.59. The van der Waals surface area contributed by atoms with E-state index in [1.54, 1.807) is 0 Å². The number of hydrogen-bond donors (Lipinski definition) is 2. The zero-order chi connectivity index (χ0) is 12.5. The normalized spacial score (nSPS) is 31.8. The molecule has 0 aromatic rings. The minimum absolute atomic E-state index is 0.146. The molecule has 3 nitrogen and oxygen atoms in total. The Morgan fingerprint density at radius 2 is 2.06 bits per heavy atom. The average Bonchev–Trinajstić information content (AvgIpc) is 2.93. The van der Waals surface area contributed by atoms with Crippen molar-refractivity contribution in [2.24, 2.45) is 5.41 Å². The van der Waals surface area contributed by atoms with E-state index in [2.05, 4.69) is 5.32 Å². The predicted octanol–water partition coefficient (Wildman–Crippen LogP) is 1.81. The summed E-state index contributed by atoms with van der Waals surface area (Å²) < 4.78 is 43.2. The molecule has 0 spiro atoms. The van der Waals surface area contributed by atoms with Crippen molar-refractivity contribution in [3.63, 3.8) is 0 Å². The molecule has 1 heterocycles. The van der Waals surface area contributed by atoms with Crippen LogP contribution in [0.3, 0.4) is 0 Å². The highest BCUT2D eigenvalue weighted by molar-refractivity contribution is 4.98. The van der Waals surface area contributed by atoms with E-state index in [4.69, 9.17) is 4.74 Å². The summed E-state index contributed by atoms with van der Waals surface area (Å²) in [4.78, 5) is 0. The number of hydrogen-bond acceptors (Lipinski definition) is 3. The predicted molar refractivity (Wildman–Crippen MR) is 55.3 cm³/mol. The molecule has 6 heteroatoms. The first kappa shape index (κ1) is 13.1. The van der Waals surface area contributed by atoms with Crippen molar-refractivity contribution >= 4 is 0 Å². The second kappa shape index (κ2) is 4.74. The topological polar surface area (TPSA) is 41.5 Å². The van der Waals surface area contributed by atoms with Gasteiger partial charge < -0.3 is 9.84 Å². The number of alkyl halides is 3. The van der Waals surface area contributed by atoms with E-state index in [0.717, 1.165) is 0 Å². The fourth-order valence-electron chi connectivity index (χ4n) is 2.31. The van der Waals surface area contributed by atoms with Crippen LogP contribution in [0.1, 0.15) is 32.1 Å². The maximum absolute atomic E-state index is 12.6. The van der Waals surface area contributed by atoms with E-state index in [0.29, 0.717) is 26.0 Å². The Kier molecular flexibility index (Phi) is 3.66. The van der Waals surface area contributed by atoms with Crippen molar-refractivity contribution in [3.05, 3.63) is 0 Å². The summed E-state index contributed by atoms with van der Waals surface area (Å²) in [7, 11) is 0. The molecular weight excluding hydrogens is 235 g/mol. The third-order valence-electron chi connectivity index (χ3n) is 3.72. The molecule has 2 atom stereocenters. The molecule has 17 heavy (non-hydrogen) atoms. The second-order valence-corrected chi connectivity index (χ2v) is 4.98. The first-order valence-electron chi connectivity index (χ1n) is 6.04. The van der Waals surface area contributed by atoms with Gasteiger partial charge in [0.2, 0.25) is 0 Å². The van der Waals surface area contributed by atoms with Gasteiger partial charge in [0.15, 0.2) is 0 Å². The van der Waals surface area contributed by atoms with Gasteiger partial charge in [0.1, 0.15) is 6.23 Å². The highest BCUT2D eigenvalue weighted by atomic mass is 19.4. The Labute approximate surface area is 98.3 Å². The number of aliphatic hydroxyl groups is 1. The summed E-state index contributed by atoms with van der Waals surface area (Å²) >= 11 is 0. The lowest BCUT2D eigenvalue weighted by Gasteiger charge is -2.20. The van der Waals surface area contributed by atoms with E-state index < -0.39 is 17.8 Å². The molecule has 2 fully saturated rings. The summed E-state index contributed by atoms with van der Waals surface area (Å²) in [6, 6.07) is 0. The lowest BCUT2D eigenvalue weighted by Crippen LogP contribution is -2.32. The van der Waals surface area contributed by atoms with Gasteiger partial charge in [-0.25, -0.2) is 0 Å². The van der Waals surface area contributed by atoms with Gasteiger partial charge in [0.05, 0.1) is 11.5 Å². The minimum Gasteiger partial charge on any atom is -0.376 e. The molecule has 0 radical (unpaired) electrons. The van der Waals surface area contributed by atoms with E-state index in [-0.39, 0.29) is 25.4 Å². The van der Waals surface area contributed by atoms with Gasteiger partial charge in [0.25, 0.3) is 0 Å². The van der Waals surface area contributed by atoms with Gasteiger partial charge >= 0.3 is 6.18 Å². The van der Waals surface area contributed by atoms with Gasteiger partial charge in [-0.2, -0.15) is 13.2 Å². The largest absolute Gasteiger partial charge is 0.394 e. The van der Waals surface area contributed by atoms with E-state index in [9.17, 15) is 18.3 Å². The van der Waals surface area contributed by atoms with Crippen molar-refractivity contribution in [2.75, 3.05) is 13.2 Å². The zero-order valence-corrected chi connectivity index (χ0v) is 9.59. The Hall–Kier alpha value is -0.330. The van der Waals surface area contributed by atoms with Crippen LogP contribution in [-0.2, 0) is 4.74 Å². The molecule has 0 bridgehead atoms. The first-order chi connectivity index (χ1) is 7.95. The van der Waals surface area contributed by atoms with Gasteiger partial charge in [-0.3, -0.25) is 5.32 Å². The molecule has 100 valence electrons. The van der Waals surface area contributed by atoms with Crippen LogP contribution in [0.2, 0.25) is 0 Å². The fourth-order valence-corrected chi connectivity index (χ4v) is 2.31. The van der Waals surface area contributed by atoms with Crippen LogP contribution in [0, 0.1) is 5.41 Å². The SMILES string of the molecule is OC1NCCC1OCCCC1(C(F)(F)F)CC1. The molecule has 1 aliphatic heterocycles. The van der Waals surface area contributed by atoms with Crippen molar-refractivity contribution in [1.82, 2.24) is 5.32 Å². The Morgan fingerprint density at radius 3 is 2.53 bits per heavy atom. The van der Waals surface area contributed by atoms with Crippen LogP contribution in [0.25, 0.3) is 0 Å². The third-order valence-corrected chi connectivity index (χ3v) is 3.72. The Morgan fingerprint density at radius 1 is 1.35 bits per heavy atom. The van der Waals surface area contributed by atoms with Crippen LogP contribution >= 0.6 is 0 Å². The summed E-state index contributed by atoms with van der Waals surface area (Å²) in [6.45, 7) is 0.986. The summed E-state index contributed by atoms with van der Waals surface area (Å²) in [6.07, 6.45) is -3.24. The number of ether oxygens (including phenoxy) is 1. The van der Waals surface area contributed by atoms with Crippen molar-refractivity contribution in [2.45, 2.75) is 50.6 Å². The quantitative estimate of drug-likeness (QED) is 0.734. The molecule has 2 N–H and O–H groups in total.